The molecular formula is C15H22N6O9. The minimum Gasteiger partial charge on any atom is -0.394 e. The van der Waals surface area contributed by atoms with Crippen LogP contribution in [0.15, 0.2) is 22.2 Å². The standard InChI is InChI=1S/C15H22N6O9/c16-7-1-2-21(15(27)18-7)13-12(26)10(24)6(29-13)4-28-14-8(19-20-17)11(25)9(23)5(3-22)30-14/h1-2,5-6,8-14,22-26H,3-4H2,(H2,16,18,27)/t5-,6-,8+,9-,10-,11-,12-,13-,14+/m1/s1. The van der Waals surface area contributed by atoms with E-state index in [0.29, 0.717) is 0 Å². The van der Waals surface area contributed by atoms with Crippen LogP contribution in [0.3, 0.4) is 0 Å². The van der Waals surface area contributed by atoms with Gasteiger partial charge in [0.05, 0.1) is 19.3 Å². The van der Waals surface area contributed by atoms with Crippen molar-refractivity contribution in [3.05, 3.63) is 33.2 Å². The van der Waals surface area contributed by atoms with Crippen LogP contribution >= 0.6 is 0 Å². The van der Waals surface area contributed by atoms with Gasteiger partial charge in [0.2, 0.25) is 0 Å². The summed E-state index contributed by atoms with van der Waals surface area (Å²) in [4.78, 5) is 18.1. The lowest BCUT2D eigenvalue weighted by Gasteiger charge is -2.40. The summed E-state index contributed by atoms with van der Waals surface area (Å²) in [6.45, 7) is -1.05. The second-order valence-corrected chi connectivity index (χ2v) is 6.82. The number of azide groups is 1. The number of anilines is 1. The lowest BCUT2D eigenvalue weighted by molar-refractivity contribution is -0.272. The molecule has 9 atom stereocenters. The lowest BCUT2D eigenvalue weighted by atomic mass is 9.98. The van der Waals surface area contributed by atoms with E-state index in [1.165, 1.54) is 12.3 Å². The number of rotatable bonds is 6. The number of aliphatic hydroxyl groups excluding tert-OH is 5. The Labute approximate surface area is 168 Å². The monoisotopic (exact) mass is 430 g/mol. The Balaban J connectivity index is 1.71. The highest BCUT2D eigenvalue weighted by Crippen LogP contribution is 2.30. The van der Waals surface area contributed by atoms with Gasteiger partial charge in [-0.25, -0.2) is 4.79 Å². The highest BCUT2D eigenvalue weighted by atomic mass is 16.7. The van der Waals surface area contributed by atoms with Gasteiger partial charge in [-0.05, 0) is 11.6 Å². The molecule has 166 valence electrons. The number of hydrogen-bond acceptors (Lipinski definition) is 12. The highest BCUT2D eigenvalue weighted by Gasteiger charge is 2.47. The van der Waals surface area contributed by atoms with Crippen LogP contribution in [0.5, 0.6) is 0 Å². The first kappa shape index (κ1) is 22.4. The van der Waals surface area contributed by atoms with Crippen LogP contribution in [0.1, 0.15) is 6.23 Å². The average Bonchev–Trinajstić information content (AvgIpc) is 2.99. The molecule has 0 aromatic carbocycles. The summed E-state index contributed by atoms with van der Waals surface area (Å²) in [7, 11) is 0. The number of nitrogens with two attached hydrogens (primary N) is 1. The second kappa shape index (κ2) is 9.22. The average molecular weight is 430 g/mol. The van der Waals surface area contributed by atoms with Crippen molar-refractivity contribution < 1.29 is 39.7 Å². The molecule has 3 heterocycles. The van der Waals surface area contributed by atoms with Crippen LogP contribution in [-0.4, -0.2) is 97.3 Å². The van der Waals surface area contributed by atoms with Crippen LogP contribution < -0.4 is 11.4 Å². The van der Waals surface area contributed by atoms with Crippen molar-refractivity contribution in [2.45, 2.75) is 55.2 Å². The molecule has 0 aliphatic carbocycles. The molecule has 3 rings (SSSR count). The maximum Gasteiger partial charge on any atom is 0.351 e. The van der Waals surface area contributed by atoms with Gasteiger partial charge in [0.15, 0.2) is 12.5 Å². The molecule has 1 aromatic rings. The smallest absolute Gasteiger partial charge is 0.351 e. The SMILES string of the molecule is [N-]=[N+]=N[C@@H]1[C@@H](OC[C@H]2O[C@@H](n3ccc(N)nc3=O)[C@H](O)[C@@H]2O)O[C@H](CO)[C@@H](O)[C@@H]1O. The summed E-state index contributed by atoms with van der Waals surface area (Å²) >= 11 is 0. The second-order valence-electron chi connectivity index (χ2n) is 6.82. The molecule has 2 fully saturated rings. The Kier molecular flexibility index (Phi) is 6.87. The van der Waals surface area contributed by atoms with E-state index in [9.17, 15) is 30.3 Å². The third-order valence-electron chi connectivity index (χ3n) is 4.92. The summed E-state index contributed by atoms with van der Waals surface area (Å²) in [6.07, 6.45) is -9.82. The van der Waals surface area contributed by atoms with Gasteiger partial charge in [-0.15, -0.1) is 0 Å². The molecule has 0 saturated carbocycles. The maximum absolute atomic E-state index is 12.0. The van der Waals surface area contributed by atoms with Crippen LogP contribution in [0.2, 0.25) is 0 Å². The van der Waals surface area contributed by atoms with E-state index in [-0.39, 0.29) is 5.82 Å². The molecular weight excluding hydrogens is 408 g/mol. The van der Waals surface area contributed by atoms with Crippen molar-refractivity contribution in [2.24, 2.45) is 5.11 Å². The van der Waals surface area contributed by atoms with E-state index in [2.05, 4.69) is 15.0 Å². The Morgan fingerprint density at radius 1 is 1.20 bits per heavy atom. The Morgan fingerprint density at radius 3 is 2.53 bits per heavy atom. The van der Waals surface area contributed by atoms with Crippen LogP contribution in [0.25, 0.3) is 10.4 Å². The van der Waals surface area contributed by atoms with Crippen molar-refractivity contribution in [1.29, 1.82) is 0 Å². The zero-order valence-corrected chi connectivity index (χ0v) is 15.4. The van der Waals surface area contributed by atoms with E-state index >= 15 is 0 Å². The molecule has 0 amide bonds. The largest absolute Gasteiger partial charge is 0.394 e. The van der Waals surface area contributed by atoms with E-state index in [0.717, 1.165) is 4.57 Å². The maximum atomic E-state index is 12.0. The number of ether oxygens (including phenoxy) is 3. The van der Waals surface area contributed by atoms with E-state index in [1.54, 1.807) is 0 Å². The fraction of sp³-hybridized carbons (Fsp3) is 0.733. The quantitative estimate of drug-likeness (QED) is 0.147. The van der Waals surface area contributed by atoms with Gasteiger partial charge in [-0.2, -0.15) is 4.98 Å². The Hall–Kier alpha value is -2.33. The normalized spacial score (nSPS) is 38.9. The summed E-state index contributed by atoms with van der Waals surface area (Å²) in [5.74, 6) is -0.0260. The molecule has 2 aliphatic rings. The van der Waals surface area contributed by atoms with Crippen LogP contribution in [0.4, 0.5) is 5.82 Å². The molecule has 2 aliphatic heterocycles. The summed E-state index contributed by atoms with van der Waals surface area (Å²) in [6, 6.07) is -0.0357. The van der Waals surface area contributed by atoms with Crippen LogP contribution in [0, 0.1) is 0 Å². The Bertz CT molecular complexity index is 848. The predicted octanol–water partition coefficient (Wildman–Crippen LogP) is -3.42. The van der Waals surface area contributed by atoms with Crippen molar-refractivity contribution in [3.8, 4) is 0 Å². The molecule has 7 N–H and O–H groups in total. The molecule has 0 unspecified atom stereocenters. The molecule has 0 radical (unpaired) electrons. The summed E-state index contributed by atoms with van der Waals surface area (Å²) in [5.41, 5.74) is 13.3. The van der Waals surface area contributed by atoms with Gasteiger partial charge in [0.1, 0.15) is 42.4 Å². The molecule has 2 saturated heterocycles. The fourth-order valence-corrected chi connectivity index (χ4v) is 3.29. The topological polar surface area (TPSA) is 239 Å². The first-order chi connectivity index (χ1) is 14.3. The van der Waals surface area contributed by atoms with E-state index < -0.39 is 74.1 Å². The molecule has 15 heteroatoms. The van der Waals surface area contributed by atoms with E-state index in [4.69, 9.17) is 25.5 Å². The van der Waals surface area contributed by atoms with Gasteiger partial charge < -0.3 is 45.5 Å². The number of aliphatic hydroxyl groups is 5. The van der Waals surface area contributed by atoms with Gasteiger partial charge >= 0.3 is 5.69 Å². The number of nitrogens with zero attached hydrogens (tertiary/aromatic N) is 5. The van der Waals surface area contributed by atoms with Gasteiger partial charge in [-0.3, -0.25) is 4.57 Å². The fourth-order valence-electron chi connectivity index (χ4n) is 3.29. The number of nitrogen functional groups attached to an aromatic ring is 1. The predicted molar refractivity (Wildman–Crippen MR) is 95.5 cm³/mol. The van der Waals surface area contributed by atoms with Crippen molar-refractivity contribution in [1.82, 2.24) is 9.55 Å². The zero-order chi connectivity index (χ0) is 22.0. The van der Waals surface area contributed by atoms with Gasteiger partial charge in [-0.1, -0.05) is 5.11 Å². The molecule has 1 aromatic heterocycles. The first-order valence-electron chi connectivity index (χ1n) is 8.93. The number of hydrogen-bond donors (Lipinski definition) is 6. The highest BCUT2D eigenvalue weighted by molar-refractivity contribution is 5.23. The van der Waals surface area contributed by atoms with Crippen molar-refractivity contribution in [3.63, 3.8) is 0 Å². The minimum atomic E-state index is -1.58. The van der Waals surface area contributed by atoms with Gasteiger partial charge in [0, 0.05) is 11.1 Å². The van der Waals surface area contributed by atoms with E-state index in [1.807, 2.05) is 0 Å². The first-order valence-corrected chi connectivity index (χ1v) is 8.93. The molecule has 15 nitrogen and oxygen atoms in total. The van der Waals surface area contributed by atoms with Crippen LogP contribution in [-0.2, 0) is 14.2 Å². The Morgan fingerprint density at radius 2 is 1.90 bits per heavy atom. The third kappa shape index (κ3) is 4.24. The van der Waals surface area contributed by atoms with Crippen molar-refractivity contribution in [2.75, 3.05) is 18.9 Å². The minimum absolute atomic E-state index is 0.0260. The molecule has 30 heavy (non-hydrogen) atoms. The summed E-state index contributed by atoms with van der Waals surface area (Å²) in [5, 5.41) is 53.1. The summed E-state index contributed by atoms with van der Waals surface area (Å²) < 4.78 is 17.2. The third-order valence-corrected chi connectivity index (χ3v) is 4.92. The van der Waals surface area contributed by atoms with Crippen molar-refractivity contribution >= 4 is 5.82 Å². The number of aromatic nitrogens is 2. The molecule has 0 bridgehead atoms. The zero-order valence-electron chi connectivity index (χ0n) is 15.4. The molecule has 0 spiro atoms. The van der Waals surface area contributed by atoms with Gasteiger partial charge in [0.25, 0.3) is 0 Å². The lowest BCUT2D eigenvalue weighted by Crippen LogP contribution is -2.58.